The molecular formula is C32H33N5O2. The van der Waals surface area contributed by atoms with E-state index in [1.54, 1.807) is 0 Å². The number of aryl methyl sites for hydroxylation is 2. The third kappa shape index (κ3) is 4.11. The Balaban J connectivity index is 1.10. The summed E-state index contributed by atoms with van der Waals surface area (Å²) in [6, 6.07) is 15.6. The summed E-state index contributed by atoms with van der Waals surface area (Å²) in [5.41, 5.74) is 8.19. The first-order valence-corrected chi connectivity index (χ1v) is 14.4. The minimum atomic E-state index is -0.182. The van der Waals surface area contributed by atoms with Crippen LogP contribution in [0.15, 0.2) is 48.7 Å². The van der Waals surface area contributed by atoms with Crippen LogP contribution in [-0.2, 0) is 12.8 Å². The van der Waals surface area contributed by atoms with Crippen molar-refractivity contribution in [3.63, 3.8) is 0 Å². The summed E-state index contributed by atoms with van der Waals surface area (Å²) in [7, 11) is 0. The molecule has 2 aliphatic carbocycles. The van der Waals surface area contributed by atoms with Crippen LogP contribution in [0.25, 0.3) is 33.4 Å². The van der Waals surface area contributed by atoms with Gasteiger partial charge >= 0.3 is 0 Å². The summed E-state index contributed by atoms with van der Waals surface area (Å²) in [5.74, 6) is 0.568. The number of H-pyrrole nitrogens is 1. The molecular weight excluding hydrogens is 486 g/mol. The van der Waals surface area contributed by atoms with Gasteiger partial charge in [-0.3, -0.25) is 9.89 Å². The Morgan fingerprint density at radius 3 is 2.59 bits per heavy atom. The molecule has 2 N–H and O–H groups in total. The summed E-state index contributed by atoms with van der Waals surface area (Å²) in [6.45, 7) is 3.06. The summed E-state index contributed by atoms with van der Waals surface area (Å²) in [6.07, 6.45) is 11.4. The normalized spacial score (nSPS) is 22.1. The standard InChI is InChI=1S/C32H33N5O2/c38-31-26-10-7-23(17-28(26)39-19-32(34-31)11-12-32)29-27-16-24(18-33-30(27)36-35-29)22-4-3-20-5-8-25(9-6-21(20)15-22)37-13-1-2-14-37/h3-4,7,10,15-18,25H,1-2,5-6,8-9,11-14,19H2,(H,34,38)(H,33,35,36). The second kappa shape index (κ2) is 8.91. The quantitative estimate of drug-likeness (QED) is 0.360. The van der Waals surface area contributed by atoms with Crippen LogP contribution in [0.1, 0.15) is 60.0 Å². The summed E-state index contributed by atoms with van der Waals surface area (Å²) >= 11 is 0. The minimum absolute atomic E-state index is 0.0556. The molecule has 1 saturated carbocycles. The van der Waals surface area contributed by atoms with E-state index in [0.29, 0.717) is 23.6 Å². The molecule has 1 spiro atoms. The van der Waals surface area contributed by atoms with Gasteiger partial charge in [0.15, 0.2) is 5.65 Å². The second-order valence-electron chi connectivity index (χ2n) is 11.9. The lowest BCUT2D eigenvalue weighted by atomic mass is 9.96. The molecule has 1 amide bonds. The molecule has 0 bridgehead atoms. The first kappa shape index (κ1) is 23.2. The van der Waals surface area contributed by atoms with Gasteiger partial charge in [-0.1, -0.05) is 24.3 Å². The molecule has 4 heterocycles. The summed E-state index contributed by atoms with van der Waals surface area (Å²) < 4.78 is 6.11. The first-order chi connectivity index (χ1) is 19.1. The maximum atomic E-state index is 12.8. The van der Waals surface area contributed by atoms with Crippen LogP contribution < -0.4 is 10.1 Å². The topological polar surface area (TPSA) is 83.1 Å². The number of carbonyl (C=O) groups excluding carboxylic acids is 1. The molecule has 2 aromatic carbocycles. The van der Waals surface area contributed by atoms with Crippen molar-refractivity contribution in [2.24, 2.45) is 0 Å². The van der Waals surface area contributed by atoms with Crippen LogP contribution >= 0.6 is 0 Å². The van der Waals surface area contributed by atoms with E-state index in [2.05, 4.69) is 44.7 Å². The number of pyridine rings is 1. The molecule has 39 heavy (non-hydrogen) atoms. The highest BCUT2D eigenvalue weighted by atomic mass is 16.5. The highest BCUT2D eigenvalue weighted by Gasteiger charge is 2.47. The minimum Gasteiger partial charge on any atom is -0.490 e. The SMILES string of the molecule is O=C1NC2(CC2)COc2cc(-c3[nH]nc4ncc(-c5ccc6c(c5)CCC(N5CCCC5)CC6)cc34)ccc21. The predicted molar refractivity (Wildman–Crippen MR) is 151 cm³/mol. The van der Waals surface area contributed by atoms with E-state index in [1.807, 2.05) is 24.4 Å². The Kier molecular flexibility index (Phi) is 5.30. The van der Waals surface area contributed by atoms with Crippen LogP contribution in [0.3, 0.4) is 0 Å². The smallest absolute Gasteiger partial charge is 0.255 e. The molecule has 7 heteroatoms. The lowest BCUT2D eigenvalue weighted by Crippen LogP contribution is -2.38. The van der Waals surface area contributed by atoms with Gasteiger partial charge < -0.3 is 15.0 Å². The third-order valence-electron chi connectivity index (χ3n) is 9.35. The number of nitrogens with one attached hydrogen (secondary N) is 2. The average molecular weight is 520 g/mol. The van der Waals surface area contributed by atoms with Gasteiger partial charge in [-0.05, 0) is 99.3 Å². The first-order valence-electron chi connectivity index (χ1n) is 14.4. The largest absolute Gasteiger partial charge is 0.490 e. The Labute approximate surface area is 228 Å². The van der Waals surface area contributed by atoms with E-state index < -0.39 is 0 Å². The molecule has 4 aliphatic rings. The zero-order valence-corrected chi connectivity index (χ0v) is 22.1. The van der Waals surface area contributed by atoms with Crippen molar-refractivity contribution in [3.05, 3.63) is 65.4 Å². The van der Waals surface area contributed by atoms with E-state index >= 15 is 0 Å². The Bertz CT molecular complexity index is 1600. The third-order valence-corrected chi connectivity index (χ3v) is 9.35. The molecule has 0 radical (unpaired) electrons. The summed E-state index contributed by atoms with van der Waals surface area (Å²) in [5, 5.41) is 11.8. The van der Waals surface area contributed by atoms with Crippen LogP contribution in [-0.4, -0.2) is 57.3 Å². The Morgan fingerprint density at radius 1 is 0.923 bits per heavy atom. The molecule has 2 aromatic heterocycles. The number of aromatic nitrogens is 3. The average Bonchev–Trinajstić information content (AvgIpc) is 3.40. The number of carbonyl (C=O) groups is 1. The van der Waals surface area contributed by atoms with Gasteiger partial charge in [0.1, 0.15) is 12.4 Å². The fourth-order valence-corrected chi connectivity index (χ4v) is 6.79. The maximum Gasteiger partial charge on any atom is 0.255 e. The molecule has 198 valence electrons. The fourth-order valence-electron chi connectivity index (χ4n) is 6.79. The molecule has 7 nitrogen and oxygen atoms in total. The highest BCUT2D eigenvalue weighted by Crippen LogP contribution is 2.40. The molecule has 1 saturated heterocycles. The van der Waals surface area contributed by atoms with E-state index in [9.17, 15) is 4.79 Å². The van der Waals surface area contributed by atoms with Crippen molar-refractivity contribution in [1.29, 1.82) is 0 Å². The summed E-state index contributed by atoms with van der Waals surface area (Å²) in [4.78, 5) is 20.2. The monoisotopic (exact) mass is 519 g/mol. The number of hydrogen-bond donors (Lipinski definition) is 2. The number of rotatable bonds is 3. The van der Waals surface area contributed by atoms with Crippen molar-refractivity contribution >= 4 is 16.9 Å². The lowest BCUT2D eigenvalue weighted by molar-refractivity contribution is 0.0932. The molecule has 1 unspecified atom stereocenters. The molecule has 2 fully saturated rings. The maximum absolute atomic E-state index is 12.8. The fraction of sp³-hybridized carbons (Fsp3) is 0.406. The van der Waals surface area contributed by atoms with Gasteiger partial charge in [0.05, 0.1) is 16.8 Å². The van der Waals surface area contributed by atoms with Crippen LogP contribution in [0.2, 0.25) is 0 Å². The number of likely N-dealkylation sites (tertiary alicyclic amines) is 1. The van der Waals surface area contributed by atoms with E-state index in [4.69, 9.17) is 9.72 Å². The zero-order chi connectivity index (χ0) is 26.0. The van der Waals surface area contributed by atoms with Crippen LogP contribution in [0, 0.1) is 0 Å². The van der Waals surface area contributed by atoms with Crippen molar-refractivity contribution in [2.45, 2.75) is 62.9 Å². The van der Waals surface area contributed by atoms with Gasteiger partial charge in [0, 0.05) is 28.8 Å². The second-order valence-corrected chi connectivity index (χ2v) is 11.9. The molecule has 2 aliphatic heterocycles. The van der Waals surface area contributed by atoms with Gasteiger partial charge in [-0.15, -0.1) is 0 Å². The highest BCUT2D eigenvalue weighted by molar-refractivity contribution is 6.00. The van der Waals surface area contributed by atoms with Crippen LogP contribution in [0.5, 0.6) is 5.75 Å². The number of amides is 1. The molecule has 8 rings (SSSR count). The van der Waals surface area contributed by atoms with Gasteiger partial charge in [0.2, 0.25) is 0 Å². The van der Waals surface area contributed by atoms with Crippen molar-refractivity contribution in [3.8, 4) is 28.1 Å². The zero-order valence-electron chi connectivity index (χ0n) is 22.1. The van der Waals surface area contributed by atoms with Crippen molar-refractivity contribution < 1.29 is 9.53 Å². The number of ether oxygens (including phenoxy) is 1. The van der Waals surface area contributed by atoms with Crippen molar-refractivity contribution in [2.75, 3.05) is 19.7 Å². The van der Waals surface area contributed by atoms with Gasteiger partial charge in [0.25, 0.3) is 5.91 Å². The van der Waals surface area contributed by atoms with Gasteiger partial charge in [-0.25, -0.2) is 4.98 Å². The Hall–Kier alpha value is -3.71. The van der Waals surface area contributed by atoms with E-state index in [-0.39, 0.29) is 11.4 Å². The lowest BCUT2D eigenvalue weighted by Gasteiger charge is -2.25. The number of hydrogen-bond acceptors (Lipinski definition) is 5. The van der Waals surface area contributed by atoms with Gasteiger partial charge in [-0.2, -0.15) is 5.10 Å². The number of nitrogens with zero attached hydrogens (tertiary/aromatic N) is 3. The van der Waals surface area contributed by atoms with E-state index in [1.165, 1.54) is 61.9 Å². The predicted octanol–water partition coefficient (Wildman–Crippen LogP) is 5.29. The van der Waals surface area contributed by atoms with Crippen molar-refractivity contribution in [1.82, 2.24) is 25.4 Å². The van der Waals surface area contributed by atoms with Crippen LogP contribution in [0.4, 0.5) is 0 Å². The Morgan fingerprint density at radius 2 is 1.74 bits per heavy atom. The number of aromatic amines is 1. The number of benzene rings is 2. The molecule has 1 atom stereocenters. The number of fused-ring (bicyclic) bond motifs is 3. The van der Waals surface area contributed by atoms with E-state index in [0.717, 1.165) is 47.5 Å². The molecule has 4 aromatic rings.